The predicted octanol–water partition coefficient (Wildman–Crippen LogP) is 5.72. The van der Waals surface area contributed by atoms with E-state index < -0.39 is 12.0 Å². The first-order chi connectivity index (χ1) is 17.6. The summed E-state index contributed by atoms with van der Waals surface area (Å²) in [6.45, 7) is 1.74. The van der Waals surface area contributed by atoms with Gasteiger partial charge in [0.25, 0.3) is 5.91 Å². The third kappa shape index (κ3) is 4.72. The lowest BCUT2D eigenvalue weighted by Crippen LogP contribution is -2.48. The van der Waals surface area contributed by atoms with Gasteiger partial charge in [-0.2, -0.15) is 0 Å². The Bertz CT molecular complexity index is 1220. The number of carbonyl (C=O) groups is 2. The second-order valence-corrected chi connectivity index (χ2v) is 9.58. The summed E-state index contributed by atoms with van der Waals surface area (Å²) in [5.74, 6) is -0.222. The van der Waals surface area contributed by atoms with Gasteiger partial charge in [0.2, 0.25) is 5.91 Å². The zero-order valence-electron chi connectivity index (χ0n) is 20.5. The molecule has 1 fully saturated rings. The van der Waals surface area contributed by atoms with E-state index in [4.69, 9.17) is 4.74 Å². The molecular formula is C30H31FN2O3. The number of halogens is 1. The summed E-state index contributed by atoms with van der Waals surface area (Å²) in [5.41, 5.74) is 3.00. The summed E-state index contributed by atoms with van der Waals surface area (Å²) in [6, 6.07) is 20.8. The Hall–Kier alpha value is -3.67. The molecule has 2 aliphatic heterocycles. The maximum Gasteiger partial charge on any atom is 0.255 e. The van der Waals surface area contributed by atoms with Crippen molar-refractivity contribution in [3.63, 3.8) is 0 Å². The van der Waals surface area contributed by atoms with E-state index in [1.54, 1.807) is 24.1 Å². The molecule has 0 radical (unpaired) electrons. The summed E-state index contributed by atoms with van der Waals surface area (Å²) >= 11 is 0. The number of hydrogen-bond donors (Lipinski definition) is 0. The van der Waals surface area contributed by atoms with Gasteiger partial charge >= 0.3 is 0 Å². The highest BCUT2D eigenvalue weighted by molar-refractivity contribution is 6.01. The van der Waals surface area contributed by atoms with Crippen LogP contribution < -0.4 is 4.74 Å². The number of hydrogen-bond acceptors (Lipinski definition) is 3. The van der Waals surface area contributed by atoms with Crippen LogP contribution in [0.3, 0.4) is 0 Å². The predicted molar refractivity (Wildman–Crippen MR) is 136 cm³/mol. The molecule has 36 heavy (non-hydrogen) atoms. The second-order valence-electron chi connectivity index (χ2n) is 9.58. The fourth-order valence-electron chi connectivity index (χ4n) is 5.48. The highest BCUT2D eigenvalue weighted by Crippen LogP contribution is 2.45. The maximum absolute atomic E-state index is 14.2. The van der Waals surface area contributed by atoms with Gasteiger partial charge in [0, 0.05) is 25.2 Å². The fraction of sp³-hybridized carbons (Fsp3) is 0.333. The average Bonchev–Trinajstić information content (AvgIpc) is 3.21. The van der Waals surface area contributed by atoms with E-state index in [2.05, 4.69) is 0 Å². The number of amides is 2. The lowest BCUT2D eigenvalue weighted by Gasteiger charge is -2.43. The SMILES string of the molecule is COc1ccc([C@H]2[C@@H](C(=O)N3CCCCCC3)c3ccccc3C(=O)N2Cc2ccc(F)cc2)cc1. The molecule has 0 spiro atoms. The minimum Gasteiger partial charge on any atom is -0.497 e. The van der Waals surface area contributed by atoms with E-state index in [-0.39, 0.29) is 24.2 Å². The molecule has 3 aromatic carbocycles. The Morgan fingerprint density at radius 1 is 0.917 bits per heavy atom. The van der Waals surface area contributed by atoms with Gasteiger partial charge in [0.15, 0.2) is 0 Å². The van der Waals surface area contributed by atoms with Gasteiger partial charge < -0.3 is 14.5 Å². The Kier molecular flexibility index (Phi) is 7.03. The lowest BCUT2D eigenvalue weighted by atomic mass is 9.78. The van der Waals surface area contributed by atoms with Gasteiger partial charge in [-0.1, -0.05) is 55.3 Å². The number of likely N-dealkylation sites (tertiary alicyclic amines) is 1. The number of rotatable bonds is 5. The number of nitrogens with zero attached hydrogens (tertiary/aromatic N) is 2. The molecule has 0 aromatic heterocycles. The van der Waals surface area contributed by atoms with E-state index in [1.807, 2.05) is 53.4 Å². The highest BCUT2D eigenvalue weighted by Gasteiger charge is 2.45. The van der Waals surface area contributed by atoms with Crippen LogP contribution in [0.15, 0.2) is 72.8 Å². The van der Waals surface area contributed by atoms with E-state index in [9.17, 15) is 14.0 Å². The van der Waals surface area contributed by atoms with E-state index in [0.29, 0.717) is 11.3 Å². The van der Waals surface area contributed by atoms with E-state index in [1.165, 1.54) is 12.1 Å². The zero-order valence-corrected chi connectivity index (χ0v) is 20.5. The van der Waals surface area contributed by atoms with Crippen molar-refractivity contribution >= 4 is 11.8 Å². The quantitative estimate of drug-likeness (QED) is 0.464. The van der Waals surface area contributed by atoms with Crippen molar-refractivity contribution in [1.29, 1.82) is 0 Å². The van der Waals surface area contributed by atoms with Crippen LogP contribution in [0.25, 0.3) is 0 Å². The molecule has 2 aliphatic rings. The normalized spacial score (nSPS) is 20.0. The number of fused-ring (bicyclic) bond motifs is 1. The molecule has 0 aliphatic carbocycles. The Morgan fingerprint density at radius 2 is 1.58 bits per heavy atom. The summed E-state index contributed by atoms with van der Waals surface area (Å²) in [6.07, 6.45) is 4.24. The molecule has 0 bridgehead atoms. The van der Waals surface area contributed by atoms with Gasteiger partial charge in [-0.05, 0) is 59.9 Å². The van der Waals surface area contributed by atoms with Crippen LogP contribution in [0.5, 0.6) is 5.75 Å². The smallest absolute Gasteiger partial charge is 0.255 e. The Balaban J connectivity index is 1.63. The first-order valence-electron chi connectivity index (χ1n) is 12.6. The first-order valence-corrected chi connectivity index (χ1v) is 12.6. The number of methoxy groups -OCH3 is 1. The van der Waals surface area contributed by atoms with Crippen molar-refractivity contribution in [2.75, 3.05) is 20.2 Å². The molecular weight excluding hydrogens is 455 g/mol. The molecule has 6 heteroatoms. The van der Waals surface area contributed by atoms with Crippen molar-refractivity contribution in [2.45, 2.75) is 44.2 Å². The van der Waals surface area contributed by atoms with E-state index >= 15 is 0 Å². The lowest BCUT2D eigenvalue weighted by molar-refractivity contribution is -0.134. The van der Waals surface area contributed by atoms with Gasteiger partial charge in [0.05, 0.1) is 19.1 Å². The zero-order chi connectivity index (χ0) is 25.1. The first kappa shape index (κ1) is 24.0. The Labute approximate surface area is 211 Å². The summed E-state index contributed by atoms with van der Waals surface area (Å²) in [4.78, 5) is 31.9. The van der Waals surface area contributed by atoms with Gasteiger partial charge in [0.1, 0.15) is 11.6 Å². The van der Waals surface area contributed by atoms with Crippen molar-refractivity contribution in [2.24, 2.45) is 0 Å². The maximum atomic E-state index is 14.2. The summed E-state index contributed by atoms with van der Waals surface area (Å²) < 4.78 is 19.0. The minimum absolute atomic E-state index is 0.0572. The molecule has 2 heterocycles. The standard InChI is InChI=1S/C30H31FN2O3/c1-36-24-16-12-22(13-17-24)28-27(30(35)32-18-6-2-3-7-19-32)25-8-4-5-9-26(25)29(34)33(28)20-21-10-14-23(31)15-11-21/h4-5,8-17,27-28H,2-3,6-7,18-20H2,1H3/t27-,28-/m0/s1. The molecule has 0 saturated carbocycles. The monoisotopic (exact) mass is 486 g/mol. The third-order valence-electron chi connectivity index (χ3n) is 7.35. The van der Waals surface area contributed by atoms with Crippen molar-refractivity contribution < 1.29 is 18.7 Å². The minimum atomic E-state index is -0.536. The molecule has 3 aromatic rings. The molecule has 1 saturated heterocycles. The molecule has 5 rings (SSSR count). The van der Waals surface area contributed by atoms with Crippen LogP contribution in [0.1, 0.15) is 64.7 Å². The van der Waals surface area contributed by atoms with Crippen LogP contribution in [-0.2, 0) is 11.3 Å². The van der Waals surface area contributed by atoms with Gasteiger partial charge in [-0.15, -0.1) is 0 Å². The molecule has 5 nitrogen and oxygen atoms in total. The molecule has 0 unspecified atom stereocenters. The third-order valence-corrected chi connectivity index (χ3v) is 7.35. The molecule has 2 amide bonds. The number of carbonyl (C=O) groups excluding carboxylic acids is 2. The number of benzene rings is 3. The van der Waals surface area contributed by atoms with E-state index in [0.717, 1.165) is 55.5 Å². The van der Waals surface area contributed by atoms with Crippen LogP contribution >= 0.6 is 0 Å². The van der Waals surface area contributed by atoms with Crippen LogP contribution in [0, 0.1) is 5.82 Å². The summed E-state index contributed by atoms with van der Waals surface area (Å²) in [7, 11) is 1.61. The molecule has 0 N–H and O–H groups in total. The highest BCUT2D eigenvalue weighted by atomic mass is 19.1. The molecule has 186 valence electrons. The topological polar surface area (TPSA) is 49.9 Å². The van der Waals surface area contributed by atoms with Gasteiger partial charge in [-0.3, -0.25) is 9.59 Å². The van der Waals surface area contributed by atoms with Crippen LogP contribution in [0.4, 0.5) is 4.39 Å². The largest absolute Gasteiger partial charge is 0.497 e. The number of ether oxygens (including phenoxy) is 1. The Morgan fingerprint density at radius 3 is 2.25 bits per heavy atom. The van der Waals surface area contributed by atoms with Crippen molar-refractivity contribution in [3.8, 4) is 5.75 Å². The van der Waals surface area contributed by atoms with Gasteiger partial charge in [-0.25, -0.2) is 4.39 Å². The van der Waals surface area contributed by atoms with Crippen LogP contribution in [-0.4, -0.2) is 41.8 Å². The summed E-state index contributed by atoms with van der Waals surface area (Å²) in [5, 5.41) is 0. The second kappa shape index (κ2) is 10.5. The average molecular weight is 487 g/mol. The fourth-order valence-corrected chi connectivity index (χ4v) is 5.48. The van der Waals surface area contributed by atoms with Crippen LogP contribution in [0.2, 0.25) is 0 Å². The van der Waals surface area contributed by atoms with Crippen molar-refractivity contribution in [1.82, 2.24) is 9.80 Å². The molecule has 2 atom stereocenters. The van der Waals surface area contributed by atoms with Crippen molar-refractivity contribution in [3.05, 3.63) is 101 Å².